The average Bonchev–Trinajstić information content (AvgIpc) is 3.09. The minimum Gasteiger partial charge on any atom is -0.489 e. The van der Waals surface area contributed by atoms with Crippen molar-refractivity contribution in [1.29, 1.82) is 0 Å². The van der Waals surface area contributed by atoms with Crippen molar-refractivity contribution in [1.82, 2.24) is 10.5 Å². The molecule has 0 aliphatic rings. The first-order valence-corrected chi connectivity index (χ1v) is 10.6. The Morgan fingerprint density at radius 1 is 1.00 bits per heavy atom. The Kier molecular flexibility index (Phi) is 7.30. The predicted molar refractivity (Wildman–Crippen MR) is 123 cm³/mol. The van der Waals surface area contributed by atoms with E-state index in [0.717, 1.165) is 22.6 Å². The second-order valence-corrected chi connectivity index (χ2v) is 8.20. The fourth-order valence-corrected chi connectivity index (χ4v) is 3.10. The van der Waals surface area contributed by atoms with Crippen molar-refractivity contribution < 1.29 is 18.8 Å². The Morgan fingerprint density at radius 3 is 2.28 bits per heavy atom. The number of carbonyl (C=O) groups is 2. The molecular formula is C25H29N3O4. The summed E-state index contributed by atoms with van der Waals surface area (Å²) < 4.78 is 10.9. The van der Waals surface area contributed by atoms with Crippen LogP contribution in [0.15, 0.2) is 47.0 Å². The van der Waals surface area contributed by atoms with Gasteiger partial charge in [-0.1, -0.05) is 19.0 Å². The van der Waals surface area contributed by atoms with Gasteiger partial charge in [-0.05, 0) is 74.7 Å². The first kappa shape index (κ1) is 23.1. The molecule has 0 spiro atoms. The minimum atomic E-state index is -0.234. The normalized spacial score (nSPS) is 10.8. The Balaban J connectivity index is 1.60. The maximum absolute atomic E-state index is 12.7. The summed E-state index contributed by atoms with van der Waals surface area (Å²) in [5.74, 6) is 1.41. The fourth-order valence-electron chi connectivity index (χ4n) is 3.10. The molecule has 1 heterocycles. The standard InChI is InChI=1S/C25H29N3O4/c1-15(2)13-26-24(29)20-8-11-23(16(3)12-20)27-25(30)19-6-9-21(10-7-19)31-14-22-17(4)28-32-18(22)5/h6-12,15H,13-14H2,1-5H3,(H,26,29)(H,27,30). The summed E-state index contributed by atoms with van der Waals surface area (Å²) in [7, 11) is 0. The lowest BCUT2D eigenvalue weighted by molar-refractivity contribution is 0.0948. The minimum absolute atomic E-state index is 0.119. The molecule has 3 aromatic rings. The van der Waals surface area contributed by atoms with Crippen molar-refractivity contribution in [3.63, 3.8) is 0 Å². The SMILES string of the molecule is Cc1cc(C(=O)NCC(C)C)ccc1NC(=O)c1ccc(OCc2c(C)noc2C)cc1. The largest absolute Gasteiger partial charge is 0.489 e. The number of nitrogens with one attached hydrogen (secondary N) is 2. The zero-order valence-electron chi connectivity index (χ0n) is 19.1. The van der Waals surface area contributed by atoms with Crippen LogP contribution < -0.4 is 15.4 Å². The number of nitrogens with zero attached hydrogens (tertiary/aromatic N) is 1. The van der Waals surface area contributed by atoms with Gasteiger partial charge in [0.2, 0.25) is 0 Å². The monoisotopic (exact) mass is 435 g/mol. The first-order chi connectivity index (χ1) is 15.2. The smallest absolute Gasteiger partial charge is 0.255 e. The highest BCUT2D eigenvalue weighted by molar-refractivity contribution is 6.05. The van der Waals surface area contributed by atoms with Crippen LogP contribution in [0.4, 0.5) is 5.69 Å². The molecule has 2 N–H and O–H groups in total. The molecule has 0 saturated heterocycles. The second kappa shape index (κ2) is 10.1. The summed E-state index contributed by atoms with van der Waals surface area (Å²) in [6, 6.07) is 12.2. The summed E-state index contributed by atoms with van der Waals surface area (Å²) in [6.07, 6.45) is 0. The van der Waals surface area contributed by atoms with Gasteiger partial charge in [0.25, 0.3) is 11.8 Å². The molecule has 2 amide bonds. The van der Waals surface area contributed by atoms with Crippen LogP contribution in [-0.4, -0.2) is 23.5 Å². The van der Waals surface area contributed by atoms with Gasteiger partial charge in [-0.3, -0.25) is 9.59 Å². The van der Waals surface area contributed by atoms with Crippen LogP contribution in [0.3, 0.4) is 0 Å². The first-order valence-electron chi connectivity index (χ1n) is 10.6. The molecule has 0 saturated carbocycles. The van der Waals surface area contributed by atoms with E-state index < -0.39 is 0 Å². The van der Waals surface area contributed by atoms with Crippen LogP contribution in [0, 0.1) is 26.7 Å². The van der Waals surface area contributed by atoms with E-state index in [-0.39, 0.29) is 11.8 Å². The van der Waals surface area contributed by atoms with Gasteiger partial charge in [-0.25, -0.2) is 0 Å². The molecule has 7 heteroatoms. The van der Waals surface area contributed by atoms with E-state index in [9.17, 15) is 9.59 Å². The Hall–Kier alpha value is -3.61. The van der Waals surface area contributed by atoms with Gasteiger partial charge in [0.1, 0.15) is 18.1 Å². The highest BCUT2D eigenvalue weighted by Gasteiger charge is 2.13. The summed E-state index contributed by atoms with van der Waals surface area (Å²) in [6.45, 7) is 10.6. The molecule has 168 valence electrons. The van der Waals surface area contributed by atoms with Crippen LogP contribution in [-0.2, 0) is 6.61 Å². The molecule has 2 aromatic carbocycles. The molecule has 7 nitrogen and oxygen atoms in total. The zero-order valence-corrected chi connectivity index (χ0v) is 19.1. The van der Waals surface area contributed by atoms with E-state index >= 15 is 0 Å². The van der Waals surface area contributed by atoms with Gasteiger partial charge in [0.15, 0.2) is 0 Å². The maximum atomic E-state index is 12.7. The molecule has 0 radical (unpaired) electrons. The number of amides is 2. The Labute approximate surface area is 188 Å². The lowest BCUT2D eigenvalue weighted by atomic mass is 10.1. The van der Waals surface area contributed by atoms with Crippen LogP contribution in [0.2, 0.25) is 0 Å². The number of rotatable bonds is 8. The van der Waals surface area contributed by atoms with E-state index in [1.54, 1.807) is 42.5 Å². The fraction of sp³-hybridized carbons (Fsp3) is 0.320. The van der Waals surface area contributed by atoms with Gasteiger partial charge in [0, 0.05) is 23.4 Å². The average molecular weight is 436 g/mol. The van der Waals surface area contributed by atoms with Crippen molar-refractivity contribution >= 4 is 17.5 Å². The van der Waals surface area contributed by atoms with Crippen LogP contribution >= 0.6 is 0 Å². The highest BCUT2D eigenvalue weighted by atomic mass is 16.5. The third kappa shape index (κ3) is 5.75. The van der Waals surface area contributed by atoms with Gasteiger partial charge in [-0.2, -0.15) is 0 Å². The summed E-state index contributed by atoms with van der Waals surface area (Å²) in [4.78, 5) is 24.9. The second-order valence-electron chi connectivity index (χ2n) is 8.20. The highest BCUT2D eigenvalue weighted by Crippen LogP contribution is 2.20. The molecule has 32 heavy (non-hydrogen) atoms. The number of ether oxygens (including phenoxy) is 1. The van der Waals surface area contributed by atoms with Gasteiger partial charge in [0.05, 0.1) is 11.3 Å². The van der Waals surface area contributed by atoms with Crippen LogP contribution in [0.25, 0.3) is 0 Å². The zero-order chi connectivity index (χ0) is 23.3. The number of benzene rings is 2. The molecule has 0 unspecified atom stereocenters. The molecular weight excluding hydrogens is 406 g/mol. The molecule has 1 aromatic heterocycles. The third-order valence-electron chi connectivity index (χ3n) is 5.09. The van der Waals surface area contributed by atoms with E-state index in [4.69, 9.17) is 9.26 Å². The van der Waals surface area contributed by atoms with Gasteiger partial charge < -0.3 is 19.9 Å². The molecule has 0 fully saturated rings. The summed E-state index contributed by atoms with van der Waals surface area (Å²) in [5.41, 5.74) is 4.28. The van der Waals surface area contributed by atoms with Gasteiger partial charge >= 0.3 is 0 Å². The van der Waals surface area contributed by atoms with Crippen molar-refractivity contribution in [2.24, 2.45) is 5.92 Å². The number of hydrogen-bond acceptors (Lipinski definition) is 5. The van der Waals surface area contributed by atoms with Crippen molar-refractivity contribution in [3.05, 3.63) is 76.2 Å². The number of aryl methyl sites for hydroxylation is 3. The van der Waals surface area contributed by atoms with Crippen molar-refractivity contribution in [2.75, 3.05) is 11.9 Å². The molecule has 0 aliphatic carbocycles. The molecule has 3 rings (SSSR count). The van der Waals surface area contributed by atoms with Crippen LogP contribution in [0.1, 0.15) is 57.1 Å². The van der Waals surface area contributed by atoms with E-state index in [1.807, 2.05) is 34.6 Å². The van der Waals surface area contributed by atoms with Crippen LogP contribution in [0.5, 0.6) is 5.75 Å². The molecule has 0 aliphatic heterocycles. The number of aromatic nitrogens is 1. The summed E-state index contributed by atoms with van der Waals surface area (Å²) in [5, 5.41) is 9.71. The Bertz CT molecular complexity index is 1080. The molecule has 0 atom stereocenters. The van der Waals surface area contributed by atoms with E-state index in [0.29, 0.717) is 41.6 Å². The lowest BCUT2D eigenvalue weighted by Gasteiger charge is -2.12. The summed E-state index contributed by atoms with van der Waals surface area (Å²) >= 11 is 0. The molecule has 0 bridgehead atoms. The predicted octanol–water partition coefficient (Wildman–Crippen LogP) is 4.82. The lowest BCUT2D eigenvalue weighted by Crippen LogP contribution is -2.27. The van der Waals surface area contributed by atoms with Crippen molar-refractivity contribution in [2.45, 2.75) is 41.2 Å². The Morgan fingerprint density at radius 2 is 1.69 bits per heavy atom. The number of anilines is 1. The quantitative estimate of drug-likeness (QED) is 0.529. The number of hydrogen-bond donors (Lipinski definition) is 2. The van der Waals surface area contributed by atoms with E-state index in [1.165, 1.54) is 0 Å². The van der Waals surface area contributed by atoms with E-state index in [2.05, 4.69) is 15.8 Å². The third-order valence-corrected chi connectivity index (χ3v) is 5.09. The van der Waals surface area contributed by atoms with Gasteiger partial charge in [-0.15, -0.1) is 0 Å². The number of carbonyl (C=O) groups excluding carboxylic acids is 2. The maximum Gasteiger partial charge on any atom is 0.255 e. The topological polar surface area (TPSA) is 93.5 Å². The van der Waals surface area contributed by atoms with Crippen molar-refractivity contribution in [3.8, 4) is 5.75 Å².